The van der Waals surface area contributed by atoms with E-state index >= 15 is 0 Å². The number of aryl methyl sites for hydroxylation is 1. The Kier molecular flexibility index (Phi) is 9.20. The van der Waals surface area contributed by atoms with Gasteiger partial charge in [-0.1, -0.05) is 46.6 Å². The van der Waals surface area contributed by atoms with Crippen molar-refractivity contribution in [1.82, 2.24) is 0 Å². The van der Waals surface area contributed by atoms with E-state index in [9.17, 15) is 0 Å². The maximum absolute atomic E-state index is 3.54. The second-order valence-electron chi connectivity index (χ2n) is 4.54. The second-order valence-corrected chi connectivity index (χ2v) is 5.45. The van der Waals surface area contributed by atoms with Crippen molar-refractivity contribution in [1.29, 1.82) is 0 Å². The molecule has 0 atom stereocenters. The van der Waals surface area contributed by atoms with E-state index in [1.165, 1.54) is 27.5 Å². The first-order valence-electron chi connectivity index (χ1n) is 6.22. The van der Waals surface area contributed by atoms with E-state index in [2.05, 4.69) is 77.5 Å². The average molecular weight is 460 g/mol. The SMILES string of the molecule is CCc1cc2c(-c3cccc(Br)c3)cccc2[cH-]1.[Cl-].[Cl-].[Zr+3]. The summed E-state index contributed by atoms with van der Waals surface area (Å²) in [7, 11) is 0. The van der Waals surface area contributed by atoms with E-state index in [0.29, 0.717) is 0 Å². The Bertz CT molecular complexity index is 707. The Morgan fingerprint density at radius 2 is 1.71 bits per heavy atom. The number of hydrogen-bond donors (Lipinski definition) is 0. The summed E-state index contributed by atoms with van der Waals surface area (Å²) < 4.78 is 1.12. The van der Waals surface area contributed by atoms with Gasteiger partial charge in [-0.05, 0) is 24.1 Å². The van der Waals surface area contributed by atoms with E-state index in [4.69, 9.17) is 0 Å². The van der Waals surface area contributed by atoms with Crippen molar-refractivity contribution >= 4 is 26.7 Å². The van der Waals surface area contributed by atoms with Gasteiger partial charge in [0, 0.05) is 4.47 Å². The summed E-state index contributed by atoms with van der Waals surface area (Å²) in [5.41, 5.74) is 3.99. The summed E-state index contributed by atoms with van der Waals surface area (Å²) in [5, 5.41) is 2.69. The van der Waals surface area contributed by atoms with Gasteiger partial charge >= 0.3 is 26.2 Å². The largest absolute Gasteiger partial charge is 3.00 e. The smallest absolute Gasteiger partial charge is 1.00 e. The van der Waals surface area contributed by atoms with E-state index in [0.717, 1.165) is 10.9 Å². The van der Waals surface area contributed by atoms with Crippen LogP contribution in [0.1, 0.15) is 12.5 Å². The monoisotopic (exact) mass is 457 g/mol. The Morgan fingerprint density at radius 3 is 2.38 bits per heavy atom. The van der Waals surface area contributed by atoms with Crippen LogP contribution in [-0.4, -0.2) is 0 Å². The van der Waals surface area contributed by atoms with Crippen LogP contribution in [0.5, 0.6) is 0 Å². The molecule has 4 heteroatoms. The third kappa shape index (κ3) is 4.48. The number of halogens is 3. The minimum Gasteiger partial charge on any atom is -1.00 e. The summed E-state index contributed by atoms with van der Waals surface area (Å²) in [6.45, 7) is 2.20. The summed E-state index contributed by atoms with van der Waals surface area (Å²) in [6.07, 6.45) is 1.09. The average Bonchev–Trinajstić information content (AvgIpc) is 2.81. The van der Waals surface area contributed by atoms with Gasteiger partial charge in [-0.15, -0.1) is 34.5 Å². The molecule has 3 aromatic rings. The number of benzene rings is 2. The van der Waals surface area contributed by atoms with E-state index in [-0.39, 0.29) is 51.0 Å². The van der Waals surface area contributed by atoms with Crippen LogP contribution in [0, 0.1) is 0 Å². The zero-order chi connectivity index (χ0) is 12.5. The van der Waals surface area contributed by atoms with Crippen LogP contribution in [0.15, 0.2) is 59.1 Å². The Morgan fingerprint density at radius 1 is 1.00 bits per heavy atom. The van der Waals surface area contributed by atoms with Crippen molar-refractivity contribution in [3.05, 3.63) is 64.6 Å². The molecule has 21 heavy (non-hydrogen) atoms. The topological polar surface area (TPSA) is 0 Å². The van der Waals surface area contributed by atoms with E-state index in [1.54, 1.807) is 0 Å². The molecule has 0 nitrogen and oxygen atoms in total. The van der Waals surface area contributed by atoms with Crippen molar-refractivity contribution < 1.29 is 51.0 Å². The normalized spacial score (nSPS) is 9.43. The minimum absolute atomic E-state index is 0. The molecule has 3 aromatic carbocycles. The van der Waals surface area contributed by atoms with Gasteiger partial charge in [-0.3, -0.25) is 0 Å². The Balaban J connectivity index is 0.00000133. The maximum Gasteiger partial charge on any atom is 3.00 e. The first-order valence-corrected chi connectivity index (χ1v) is 7.01. The molecule has 0 aliphatic rings. The van der Waals surface area contributed by atoms with Crippen LogP contribution in [-0.2, 0) is 32.6 Å². The van der Waals surface area contributed by atoms with Crippen molar-refractivity contribution in [3.8, 4) is 11.1 Å². The quantitative estimate of drug-likeness (QED) is 0.455. The molecule has 107 valence electrons. The molecule has 0 aromatic heterocycles. The predicted molar refractivity (Wildman–Crippen MR) is 82.1 cm³/mol. The van der Waals surface area contributed by atoms with Gasteiger partial charge in [-0.2, -0.15) is 6.07 Å². The fraction of sp³-hybridized carbons (Fsp3) is 0.118. The zero-order valence-corrected chi connectivity index (χ0v) is 17.1. The van der Waals surface area contributed by atoms with Crippen LogP contribution in [0.4, 0.5) is 0 Å². The zero-order valence-electron chi connectivity index (χ0n) is 11.5. The molecule has 0 amide bonds. The first kappa shape index (κ1) is 21.0. The molecule has 3 rings (SSSR count). The molecular weight excluding hydrogens is 446 g/mol. The summed E-state index contributed by atoms with van der Waals surface area (Å²) in [5.74, 6) is 0. The Hall–Kier alpha value is -0.00688. The third-order valence-corrected chi connectivity index (χ3v) is 3.85. The van der Waals surface area contributed by atoms with Gasteiger partial charge in [0.15, 0.2) is 0 Å². The van der Waals surface area contributed by atoms with E-state index < -0.39 is 0 Å². The molecule has 0 bridgehead atoms. The van der Waals surface area contributed by atoms with Gasteiger partial charge in [0.05, 0.1) is 0 Å². The van der Waals surface area contributed by atoms with Crippen molar-refractivity contribution in [2.75, 3.05) is 0 Å². The summed E-state index contributed by atoms with van der Waals surface area (Å²) in [6, 6.07) is 19.6. The number of hydrogen-bond acceptors (Lipinski definition) is 0. The minimum atomic E-state index is 0. The second kappa shape index (κ2) is 9.20. The summed E-state index contributed by atoms with van der Waals surface area (Å²) in [4.78, 5) is 0. The maximum atomic E-state index is 3.54. The van der Waals surface area contributed by atoms with Crippen LogP contribution in [0.2, 0.25) is 0 Å². The molecule has 0 spiro atoms. The fourth-order valence-corrected chi connectivity index (χ4v) is 2.81. The van der Waals surface area contributed by atoms with Gasteiger partial charge in [0.25, 0.3) is 0 Å². The first-order chi connectivity index (χ1) is 8.78. The predicted octanol–water partition coefficient (Wildman–Crippen LogP) is -0.444. The summed E-state index contributed by atoms with van der Waals surface area (Å²) >= 11 is 3.54. The van der Waals surface area contributed by atoms with Crippen molar-refractivity contribution in [2.45, 2.75) is 13.3 Å². The molecule has 0 N–H and O–H groups in total. The molecule has 0 saturated carbocycles. The van der Waals surface area contributed by atoms with Crippen molar-refractivity contribution in [3.63, 3.8) is 0 Å². The van der Waals surface area contributed by atoms with Gasteiger partial charge in [0.2, 0.25) is 0 Å². The number of fused-ring (bicyclic) bond motifs is 1. The van der Waals surface area contributed by atoms with Crippen molar-refractivity contribution in [2.24, 2.45) is 0 Å². The number of rotatable bonds is 2. The van der Waals surface area contributed by atoms with E-state index in [1.807, 2.05) is 0 Å². The fourth-order valence-electron chi connectivity index (χ4n) is 2.41. The molecule has 0 heterocycles. The third-order valence-electron chi connectivity index (χ3n) is 3.35. The standard InChI is InChI=1S/C17H14Br.2ClH.Zr/c1-2-12-9-13-6-4-8-16(17(13)10-12)14-5-3-7-15(18)11-14;;;/h3-11H,2H2,1H3;2*1H;/q-1;;;+3/p-2. The van der Waals surface area contributed by atoms with Crippen LogP contribution >= 0.6 is 15.9 Å². The molecule has 0 fully saturated rings. The molecule has 0 aliphatic heterocycles. The van der Waals surface area contributed by atoms with Crippen LogP contribution in [0.25, 0.3) is 21.9 Å². The molecule has 1 radical (unpaired) electrons. The van der Waals surface area contributed by atoms with Gasteiger partial charge in [0.1, 0.15) is 0 Å². The van der Waals surface area contributed by atoms with Gasteiger partial charge in [-0.25, -0.2) is 0 Å². The molecular formula is C17H14BrCl2Zr. The van der Waals surface area contributed by atoms with Crippen LogP contribution < -0.4 is 24.8 Å². The molecule has 0 saturated heterocycles. The molecule has 0 unspecified atom stereocenters. The van der Waals surface area contributed by atoms with Gasteiger partial charge < -0.3 is 24.8 Å². The van der Waals surface area contributed by atoms with Crippen LogP contribution in [0.3, 0.4) is 0 Å². The molecule has 0 aliphatic carbocycles. The Labute approximate surface area is 165 Å².